The van der Waals surface area contributed by atoms with E-state index in [0.29, 0.717) is 12.2 Å². The fourth-order valence-electron chi connectivity index (χ4n) is 1.54. The molecule has 1 heterocycles. The van der Waals surface area contributed by atoms with Crippen LogP contribution in [0.25, 0.3) is 0 Å². The summed E-state index contributed by atoms with van der Waals surface area (Å²) in [4.78, 5) is 32.7. The van der Waals surface area contributed by atoms with Gasteiger partial charge in [0.25, 0.3) is 5.95 Å². The van der Waals surface area contributed by atoms with Crippen LogP contribution < -0.4 is 16.5 Å². The average molecular weight is 259 g/mol. The van der Waals surface area contributed by atoms with Crippen LogP contribution in [0.3, 0.4) is 0 Å². The molecule has 2 rings (SSSR count). The van der Waals surface area contributed by atoms with Gasteiger partial charge >= 0.3 is 5.69 Å². The van der Waals surface area contributed by atoms with Crippen molar-refractivity contribution in [2.24, 2.45) is 5.84 Å². The highest BCUT2D eigenvalue weighted by molar-refractivity contribution is 5.88. The van der Waals surface area contributed by atoms with E-state index in [-0.39, 0.29) is 5.95 Å². The molecule has 0 bridgehead atoms. The number of benzene rings is 1. The Morgan fingerprint density at radius 2 is 2.00 bits per heavy atom. The third-order valence-corrected chi connectivity index (χ3v) is 2.46. The number of carbonyl (C=O) groups is 1. The summed E-state index contributed by atoms with van der Waals surface area (Å²) in [5.74, 6) is 5.32. The van der Waals surface area contributed by atoms with Gasteiger partial charge in [-0.2, -0.15) is 9.97 Å². The predicted octanol–water partition coefficient (Wildman–Crippen LogP) is -0.0177. The highest BCUT2D eigenvalue weighted by Gasteiger charge is 2.12. The van der Waals surface area contributed by atoms with Crippen molar-refractivity contribution in [1.82, 2.24) is 15.0 Å². The van der Waals surface area contributed by atoms with Crippen LogP contribution in [-0.2, 0) is 11.2 Å². The summed E-state index contributed by atoms with van der Waals surface area (Å²) >= 11 is 0. The molecule has 1 aromatic heterocycles. The van der Waals surface area contributed by atoms with Gasteiger partial charge in [0.2, 0.25) is 5.91 Å². The van der Waals surface area contributed by atoms with Crippen LogP contribution in [-0.4, -0.2) is 20.9 Å². The number of amides is 1. The Kier molecular flexibility index (Phi) is 3.67. The highest BCUT2D eigenvalue weighted by atomic mass is 16.2. The van der Waals surface area contributed by atoms with E-state index in [4.69, 9.17) is 5.84 Å². The van der Waals surface area contributed by atoms with Gasteiger partial charge in [0, 0.05) is 13.3 Å². The molecule has 3 N–H and O–H groups in total. The molecular weight excluding hydrogens is 246 g/mol. The van der Waals surface area contributed by atoms with Crippen LogP contribution in [0.15, 0.2) is 35.1 Å². The van der Waals surface area contributed by atoms with E-state index < -0.39 is 11.6 Å². The van der Waals surface area contributed by atoms with Crippen molar-refractivity contribution in [3.63, 3.8) is 0 Å². The van der Waals surface area contributed by atoms with Crippen molar-refractivity contribution in [2.75, 3.05) is 5.01 Å². The normalized spacial score (nSPS) is 10.2. The first kappa shape index (κ1) is 12.9. The number of anilines is 1. The number of H-pyrrole nitrogens is 1. The molecule has 0 aliphatic rings. The molecule has 7 nitrogen and oxygen atoms in total. The number of nitrogens with two attached hydrogens (primary N) is 1. The largest absolute Gasteiger partial charge is 0.349 e. The number of aromatic amines is 1. The van der Waals surface area contributed by atoms with Gasteiger partial charge in [0.15, 0.2) is 0 Å². The molecule has 98 valence electrons. The number of hydrogen-bond acceptors (Lipinski definition) is 5. The van der Waals surface area contributed by atoms with E-state index in [1.54, 1.807) is 0 Å². The number of nitrogens with one attached hydrogen (secondary N) is 1. The van der Waals surface area contributed by atoms with Crippen molar-refractivity contribution in [2.45, 2.75) is 13.3 Å². The van der Waals surface area contributed by atoms with E-state index in [1.807, 2.05) is 30.3 Å². The molecule has 19 heavy (non-hydrogen) atoms. The smallest absolute Gasteiger partial charge is 0.293 e. The molecule has 0 atom stereocenters. The molecule has 1 aromatic carbocycles. The van der Waals surface area contributed by atoms with Crippen molar-refractivity contribution < 1.29 is 4.79 Å². The van der Waals surface area contributed by atoms with Crippen LogP contribution >= 0.6 is 0 Å². The van der Waals surface area contributed by atoms with Crippen molar-refractivity contribution in [1.29, 1.82) is 0 Å². The molecule has 0 fully saturated rings. The highest BCUT2D eigenvalue weighted by Crippen LogP contribution is 2.06. The predicted molar refractivity (Wildman–Crippen MR) is 69.2 cm³/mol. The second-order valence-corrected chi connectivity index (χ2v) is 3.95. The second-order valence-electron chi connectivity index (χ2n) is 3.95. The SMILES string of the molecule is CC(=O)N(N)c1nc(Cc2ccccc2)[nH]c(=O)n1. The monoisotopic (exact) mass is 259 g/mol. The van der Waals surface area contributed by atoms with Gasteiger partial charge in [-0.1, -0.05) is 30.3 Å². The van der Waals surface area contributed by atoms with E-state index in [1.165, 1.54) is 6.92 Å². The van der Waals surface area contributed by atoms with Crippen LogP contribution in [0.1, 0.15) is 18.3 Å². The maximum atomic E-state index is 11.4. The number of carbonyl (C=O) groups excluding carboxylic acids is 1. The molecule has 0 unspecified atom stereocenters. The van der Waals surface area contributed by atoms with E-state index >= 15 is 0 Å². The van der Waals surface area contributed by atoms with Crippen LogP contribution in [0, 0.1) is 0 Å². The minimum Gasteiger partial charge on any atom is -0.293 e. The first-order valence-electron chi connectivity index (χ1n) is 5.63. The van der Waals surface area contributed by atoms with Gasteiger partial charge in [0.1, 0.15) is 5.82 Å². The lowest BCUT2D eigenvalue weighted by atomic mass is 10.1. The summed E-state index contributed by atoms with van der Waals surface area (Å²) in [6.07, 6.45) is 0.428. The van der Waals surface area contributed by atoms with E-state index in [0.717, 1.165) is 10.6 Å². The number of hydrogen-bond donors (Lipinski definition) is 2. The average Bonchev–Trinajstić information content (AvgIpc) is 2.38. The van der Waals surface area contributed by atoms with Gasteiger partial charge in [0.05, 0.1) is 0 Å². The molecule has 0 saturated heterocycles. The fourth-order valence-corrected chi connectivity index (χ4v) is 1.54. The Hall–Kier alpha value is -2.54. The molecule has 0 radical (unpaired) electrons. The molecule has 7 heteroatoms. The molecule has 0 aliphatic carbocycles. The van der Waals surface area contributed by atoms with Crippen LogP contribution in [0.4, 0.5) is 5.95 Å². The van der Waals surface area contributed by atoms with Crippen LogP contribution in [0.5, 0.6) is 0 Å². The van der Waals surface area contributed by atoms with Gasteiger partial charge < -0.3 is 0 Å². The lowest BCUT2D eigenvalue weighted by molar-refractivity contribution is -0.116. The first-order chi connectivity index (χ1) is 9.06. The summed E-state index contributed by atoms with van der Waals surface area (Å²) in [7, 11) is 0. The zero-order valence-electron chi connectivity index (χ0n) is 10.3. The fraction of sp³-hybridized carbons (Fsp3) is 0.167. The Balaban J connectivity index is 2.32. The van der Waals surface area contributed by atoms with Gasteiger partial charge in [-0.25, -0.2) is 15.6 Å². The minimum absolute atomic E-state index is 0.109. The number of hydrazine groups is 1. The summed E-state index contributed by atoms with van der Waals surface area (Å²) < 4.78 is 0. The lowest BCUT2D eigenvalue weighted by Crippen LogP contribution is -2.38. The first-order valence-corrected chi connectivity index (χ1v) is 5.63. The standard InChI is InChI=1S/C12H13N5O2/c1-8(18)17(13)11-14-10(15-12(19)16-11)7-9-5-3-2-4-6-9/h2-6H,7,13H2,1H3,(H,14,15,16,19). The zero-order valence-corrected chi connectivity index (χ0v) is 10.3. The topological polar surface area (TPSA) is 105 Å². The Labute approximate surface area is 109 Å². The van der Waals surface area contributed by atoms with Crippen LogP contribution in [0.2, 0.25) is 0 Å². The molecule has 0 saturated carbocycles. The Morgan fingerprint density at radius 1 is 1.32 bits per heavy atom. The minimum atomic E-state index is -0.590. The van der Waals surface area contributed by atoms with Crippen molar-refractivity contribution in [3.05, 3.63) is 52.2 Å². The van der Waals surface area contributed by atoms with Gasteiger partial charge in [-0.15, -0.1) is 0 Å². The maximum absolute atomic E-state index is 11.4. The number of nitrogens with zero attached hydrogens (tertiary/aromatic N) is 3. The van der Waals surface area contributed by atoms with Gasteiger partial charge in [-0.3, -0.25) is 9.78 Å². The molecule has 0 spiro atoms. The van der Waals surface area contributed by atoms with E-state index in [2.05, 4.69) is 15.0 Å². The summed E-state index contributed by atoms with van der Waals surface area (Å²) in [6, 6.07) is 9.49. The third-order valence-electron chi connectivity index (χ3n) is 2.46. The van der Waals surface area contributed by atoms with Gasteiger partial charge in [-0.05, 0) is 5.56 Å². The number of rotatable bonds is 3. The summed E-state index contributed by atoms with van der Waals surface area (Å²) in [5, 5.41) is 0.740. The quantitative estimate of drug-likeness (QED) is 0.458. The van der Waals surface area contributed by atoms with Crippen molar-refractivity contribution >= 4 is 11.9 Å². The zero-order chi connectivity index (χ0) is 13.8. The third kappa shape index (κ3) is 3.23. The number of aromatic nitrogens is 3. The maximum Gasteiger partial charge on any atom is 0.349 e. The molecule has 0 aliphatic heterocycles. The van der Waals surface area contributed by atoms with E-state index in [9.17, 15) is 9.59 Å². The molecule has 1 amide bonds. The summed E-state index contributed by atoms with van der Waals surface area (Å²) in [6.45, 7) is 1.27. The molecule has 2 aromatic rings. The Morgan fingerprint density at radius 3 is 2.63 bits per heavy atom. The van der Waals surface area contributed by atoms with Crippen molar-refractivity contribution in [3.8, 4) is 0 Å². The Bertz CT molecular complexity index is 638. The second kappa shape index (κ2) is 5.40. The molecular formula is C12H13N5O2. The lowest BCUT2D eigenvalue weighted by Gasteiger charge is -2.11. The summed E-state index contributed by atoms with van der Waals surface area (Å²) in [5.41, 5.74) is 0.391.